The summed E-state index contributed by atoms with van der Waals surface area (Å²) >= 11 is 0. The zero-order valence-corrected chi connectivity index (χ0v) is 11.4. The number of benzene rings is 1. The number of rotatable bonds is 7. The van der Waals surface area contributed by atoms with Crippen molar-refractivity contribution in [2.24, 2.45) is 11.5 Å². The molecule has 1 rings (SSSR count). The number of carboxylic acids is 1. The van der Waals surface area contributed by atoms with Gasteiger partial charge in [0.1, 0.15) is 0 Å². The molecular weight excluding hydrogens is 274 g/mol. The normalized spacial score (nSPS) is 11.7. The Labute approximate surface area is 121 Å². The van der Waals surface area contributed by atoms with Crippen LogP contribution < -0.4 is 22.5 Å². The van der Waals surface area contributed by atoms with E-state index in [-0.39, 0.29) is 17.1 Å². The van der Waals surface area contributed by atoms with E-state index in [2.05, 4.69) is 5.32 Å². The largest absolute Gasteiger partial charge is 0.478 e. The van der Waals surface area contributed by atoms with Crippen molar-refractivity contribution in [1.82, 2.24) is 5.32 Å². The Morgan fingerprint density at radius 2 is 2.00 bits per heavy atom. The average molecular weight is 293 g/mol. The van der Waals surface area contributed by atoms with Crippen LogP contribution in [-0.4, -0.2) is 35.4 Å². The van der Waals surface area contributed by atoms with E-state index in [1.165, 1.54) is 18.2 Å². The quantitative estimate of drug-likeness (QED) is 0.132. The van der Waals surface area contributed by atoms with Gasteiger partial charge >= 0.3 is 5.97 Å². The molecule has 114 valence electrons. The number of carboxylic acid groups (broad SMARTS) is 1. The molecule has 9 N–H and O–H groups in total. The minimum Gasteiger partial charge on any atom is -0.478 e. The van der Waals surface area contributed by atoms with Gasteiger partial charge in [0.2, 0.25) is 0 Å². The molecule has 0 heterocycles. The van der Waals surface area contributed by atoms with Gasteiger partial charge in [0.25, 0.3) is 0 Å². The summed E-state index contributed by atoms with van der Waals surface area (Å²) in [5.41, 5.74) is 16.7. The molecule has 0 aliphatic carbocycles. The van der Waals surface area contributed by atoms with Gasteiger partial charge in [-0.15, -0.1) is 0 Å². The standard InChI is InChI=1S/C13H19N5O3/c14-7-3-4-8(12(20)21)9(6-7)11(19)10(15)2-1-5-18-13(16)17/h3-4,6,10H,1-2,5,14-15H2,(H,20,21)(H4,16,17,18). The monoisotopic (exact) mass is 293 g/mol. The third kappa shape index (κ3) is 4.77. The van der Waals surface area contributed by atoms with Crippen LogP contribution in [0.5, 0.6) is 0 Å². The van der Waals surface area contributed by atoms with E-state index in [4.69, 9.17) is 27.7 Å². The first-order chi connectivity index (χ1) is 9.82. The van der Waals surface area contributed by atoms with Gasteiger partial charge in [-0.1, -0.05) is 0 Å². The molecular formula is C13H19N5O3. The highest BCUT2D eigenvalue weighted by atomic mass is 16.4. The molecule has 1 aromatic carbocycles. The molecule has 0 spiro atoms. The predicted molar refractivity (Wildman–Crippen MR) is 79.3 cm³/mol. The fraction of sp³-hybridized carbons (Fsp3) is 0.308. The summed E-state index contributed by atoms with van der Waals surface area (Å²) in [6.07, 6.45) is 0.865. The highest BCUT2D eigenvalue weighted by molar-refractivity contribution is 6.08. The second kappa shape index (κ2) is 7.25. The SMILES string of the molecule is N=C(N)NCCCC(N)C(=O)c1cc(N)ccc1C(=O)O. The fourth-order valence-corrected chi connectivity index (χ4v) is 1.83. The van der Waals surface area contributed by atoms with Crippen molar-refractivity contribution in [1.29, 1.82) is 5.41 Å². The zero-order chi connectivity index (χ0) is 16.0. The molecule has 1 aromatic rings. The second-order valence-electron chi connectivity index (χ2n) is 4.56. The maximum Gasteiger partial charge on any atom is 0.336 e. The first-order valence-corrected chi connectivity index (χ1v) is 6.33. The average Bonchev–Trinajstić information content (AvgIpc) is 2.41. The molecule has 0 bridgehead atoms. The molecule has 1 atom stereocenters. The molecule has 21 heavy (non-hydrogen) atoms. The minimum atomic E-state index is -1.20. The molecule has 0 amide bonds. The van der Waals surface area contributed by atoms with Crippen molar-refractivity contribution >= 4 is 23.4 Å². The Morgan fingerprint density at radius 3 is 2.57 bits per heavy atom. The van der Waals surface area contributed by atoms with E-state index in [0.717, 1.165) is 0 Å². The number of hydrogen-bond acceptors (Lipinski definition) is 5. The number of carbonyl (C=O) groups is 2. The van der Waals surface area contributed by atoms with Crippen LogP contribution in [0.1, 0.15) is 33.6 Å². The Kier molecular flexibility index (Phi) is 5.67. The molecule has 0 fully saturated rings. The number of anilines is 1. The molecule has 0 aliphatic heterocycles. The van der Waals surface area contributed by atoms with Crippen molar-refractivity contribution in [2.75, 3.05) is 12.3 Å². The third-order valence-corrected chi connectivity index (χ3v) is 2.88. The van der Waals surface area contributed by atoms with E-state index in [1.54, 1.807) is 0 Å². The van der Waals surface area contributed by atoms with Gasteiger partial charge in [0.05, 0.1) is 11.6 Å². The Balaban J connectivity index is 2.76. The summed E-state index contributed by atoms with van der Waals surface area (Å²) in [5, 5.41) is 18.7. The number of guanidine groups is 1. The molecule has 0 radical (unpaired) electrons. The smallest absolute Gasteiger partial charge is 0.336 e. The van der Waals surface area contributed by atoms with Gasteiger partial charge in [-0.2, -0.15) is 0 Å². The van der Waals surface area contributed by atoms with Crippen molar-refractivity contribution in [3.05, 3.63) is 29.3 Å². The first-order valence-electron chi connectivity index (χ1n) is 6.33. The number of aromatic carboxylic acids is 1. The summed E-state index contributed by atoms with van der Waals surface area (Å²) < 4.78 is 0. The number of nitrogens with one attached hydrogen (secondary N) is 2. The fourth-order valence-electron chi connectivity index (χ4n) is 1.83. The van der Waals surface area contributed by atoms with Crippen molar-refractivity contribution in [3.8, 4) is 0 Å². The summed E-state index contributed by atoms with van der Waals surface area (Å²) in [7, 11) is 0. The van der Waals surface area contributed by atoms with E-state index in [9.17, 15) is 9.59 Å². The lowest BCUT2D eigenvalue weighted by Crippen LogP contribution is -2.34. The summed E-state index contributed by atoms with van der Waals surface area (Å²) in [6, 6.07) is 3.19. The summed E-state index contributed by atoms with van der Waals surface area (Å²) in [5.74, 6) is -1.83. The van der Waals surface area contributed by atoms with Gasteiger partial charge in [-0.3, -0.25) is 10.2 Å². The highest BCUT2D eigenvalue weighted by Crippen LogP contribution is 2.16. The van der Waals surface area contributed by atoms with E-state index < -0.39 is 17.8 Å². The van der Waals surface area contributed by atoms with Crippen LogP contribution in [0.15, 0.2) is 18.2 Å². The van der Waals surface area contributed by atoms with Gasteiger partial charge in [0, 0.05) is 17.8 Å². The number of hydrogen-bond donors (Lipinski definition) is 6. The van der Waals surface area contributed by atoms with E-state index >= 15 is 0 Å². The van der Waals surface area contributed by atoms with Gasteiger partial charge in [-0.05, 0) is 31.0 Å². The Bertz CT molecular complexity index is 559. The van der Waals surface area contributed by atoms with Gasteiger partial charge < -0.3 is 27.6 Å². The number of nitrogen functional groups attached to an aromatic ring is 1. The number of nitrogens with two attached hydrogens (primary N) is 3. The molecule has 1 unspecified atom stereocenters. The van der Waals surface area contributed by atoms with Crippen molar-refractivity contribution in [3.63, 3.8) is 0 Å². The van der Waals surface area contributed by atoms with Crippen LogP contribution in [0.3, 0.4) is 0 Å². The van der Waals surface area contributed by atoms with Crippen LogP contribution in [-0.2, 0) is 0 Å². The van der Waals surface area contributed by atoms with Crippen molar-refractivity contribution in [2.45, 2.75) is 18.9 Å². The number of carbonyl (C=O) groups excluding carboxylic acids is 1. The maximum absolute atomic E-state index is 12.2. The molecule has 0 aromatic heterocycles. The lowest BCUT2D eigenvalue weighted by molar-refractivity contribution is 0.0691. The minimum absolute atomic E-state index is 0.00882. The van der Waals surface area contributed by atoms with Crippen LogP contribution in [0.2, 0.25) is 0 Å². The molecule has 8 heteroatoms. The maximum atomic E-state index is 12.2. The second-order valence-corrected chi connectivity index (χ2v) is 4.56. The van der Waals surface area contributed by atoms with Gasteiger partial charge in [0.15, 0.2) is 11.7 Å². The Morgan fingerprint density at radius 1 is 1.33 bits per heavy atom. The van der Waals surface area contributed by atoms with Gasteiger partial charge in [-0.25, -0.2) is 4.79 Å². The Hall–Kier alpha value is -2.61. The van der Waals surface area contributed by atoms with E-state index in [1.807, 2.05) is 0 Å². The topological polar surface area (TPSA) is 168 Å². The summed E-state index contributed by atoms with van der Waals surface area (Å²) in [6.45, 7) is 0.416. The van der Waals surface area contributed by atoms with Crippen LogP contribution in [0.4, 0.5) is 5.69 Å². The van der Waals surface area contributed by atoms with E-state index in [0.29, 0.717) is 25.1 Å². The van der Waals surface area contributed by atoms with Crippen LogP contribution >= 0.6 is 0 Å². The molecule has 0 aliphatic rings. The lowest BCUT2D eigenvalue weighted by atomic mass is 9.96. The molecule has 0 saturated carbocycles. The predicted octanol–water partition coefficient (Wildman–Crippen LogP) is -0.260. The highest BCUT2D eigenvalue weighted by Gasteiger charge is 2.21. The molecule has 0 saturated heterocycles. The number of Topliss-reactive ketones (excluding diaryl/α,β-unsaturated/α-hetero) is 1. The van der Waals surface area contributed by atoms with Crippen LogP contribution in [0.25, 0.3) is 0 Å². The number of ketones is 1. The van der Waals surface area contributed by atoms with Crippen LogP contribution in [0, 0.1) is 5.41 Å². The van der Waals surface area contributed by atoms with Crippen molar-refractivity contribution < 1.29 is 14.7 Å². The lowest BCUT2D eigenvalue weighted by Gasteiger charge is -2.13. The summed E-state index contributed by atoms with van der Waals surface area (Å²) in [4.78, 5) is 23.3. The third-order valence-electron chi connectivity index (χ3n) is 2.88. The molecule has 8 nitrogen and oxygen atoms in total. The first kappa shape index (κ1) is 16.4. The zero-order valence-electron chi connectivity index (χ0n) is 11.4.